The van der Waals surface area contributed by atoms with E-state index in [9.17, 15) is 14.0 Å². The molecule has 4 N–H and O–H groups in total. The van der Waals surface area contributed by atoms with Gasteiger partial charge in [-0.1, -0.05) is 35.9 Å². The first-order valence-corrected chi connectivity index (χ1v) is 18.6. The molecule has 12 nitrogen and oxygen atoms in total. The number of pyridine rings is 2. The van der Waals surface area contributed by atoms with Crippen molar-refractivity contribution >= 4 is 58.2 Å². The van der Waals surface area contributed by atoms with Crippen molar-refractivity contribution < 1.29 is 22.8 Å². The Hall–Kier alpha value is -7.64. The van der Waals surface area contributed by atoms with Gasteiger partial charge in [0, 0.05) is 74.8 Å². The fourth-order valence-electron chi connectivity index (χ4n) is 5.63. The average Bonchev–Trinajstić information content (AvgIpc) is 3.92. The van der Waals surface area contributed by atoms with Crippen molar-refractivity contribution in [3.8, 4) is 22.6 Å². The second-order valence-corrected chi connectivity index (χ2v) is 13.7. The van der Waals surface area contributed by atoms with Crippen LogP contribution in [0.15, 0.2) is 149 Å². The van der Waals surface area contributed by atoms with Crippen LogP contribution in [0.25, 0.3) is 22.6 Å². The van der Waals surface area contributed by atoms with Crippen molar-refractivity contribution in [1.82, 2.24) is 19.9 Å². The van der Waals surface area contributed by atoms with Crippen molar-refractivity contribution in [3.05, 3.63) is 179 Å². The van der Waals surface area contributed by atoms with Gasteiger partial charge in [0.25, 0.3) is 23.8 Å². The van der Waals surface area contributed by atoms with Gasteiger partial charge in [0.1, 0.15) is 5.82 Å². The molecule has 8 aromatic rings. The van der Waals surface area contributed by atoms with E-state index in [0.717, 1.165) is 27.9 Å². The van der Waals surface area contributed by atoms with E-state index in [2.05, 4.69) is 41.2 Å². The minimum Gasteiger partial charge on any atom is -0.423 e. The lowest BCUT2D eigenvalue weighted by molar-refractivity contribution is 0.101. The number of rotatable bonds is 10. The summed E-state index contributed by atoms with van der Waals surface area (Å²) >= 11 is 5.97. The van der Waals surface area contributed by atoms with Crippen LogP contribution in [-0.2, 0) is 0 Å². The second-order valence-electron chi connectivity index (χ2n) is 13.2. The van der Waals surface area contributed by atoms with Gasteiger partial charge in [-0.05, 0) is 116 Å². The van der Waals surface area contributed by atoms with Crippen LogP contribution in [0.5, 0.6) is 0 Å². The maximum Gasteiger partial charge on any atom is 0.299 e. The zero-order valence-electron chi connectivity index (χ0n) is 32.0. The van der Waals surface area contributed by atoms with Crippen molar-refractivity contribution in [1.29, 1.82) is 0 Å². The van der Waals surface area contributed by atoms with Gasteiger partial charge in [-0.2, -0.15) is 0 Å². The Balaban J connectivity index is 0.000000179. The van der Waals surface area contributed by atoms with Gasteiger partial charge in [-0.3, -0.25) is 19.6 Å². The monoisotopic (exact) mass is 806 g/mol. The summed E-state index contributed by atoms with van der Waals surface area (Å²) in [7, 11) is 0. The van der Waals surface area contributed by atoms with Crippen LogP contribution in [0.3, 0.4) is 0 Å². The molecular weight excluding hydrogens is 771 g/mol. The van der Waals surface area contributed by atoms with E-state index in [-0.39, 0.29) is 17.6 Å². The Bertz CT molecular complexity index is 2740. The molecule has 0 saturated carbocycles. The van der Waals surface area contributed by atoms with Gasteiger partial charge in [0.15, 0.2) is 11.5 Å². The van der Waals surface area contributed by atoms with Crippen LogP contribution < -0.4 is 21.3 Å². The molecule has 0 atom stereocenters. The molecule has 0 radical (unpaired) electrons. The van der Waals surface area contributed by atoms with Crippen molar-refractivity contribution in [2.24, 2.45) is 0 Å². The van der Waals surface area contributed by atoms with Crippen LogP contribution >= 0.6 is 11.6 Å². The summed E-state index contributed by atoms with van der Waals surface area (Å²) in [5.74, 6) is 0.263. The van der Waals surface area contributed by atoms with Crippen LogP contribution in [0, 0.1) is 26.6 Å². The standard InChI is InChI=1S/C23H19FN4O2.C22H17ClN4O2/c1-14-4-6-18(12-19(14)24)27-22(29)17-5-3-15(2)20(11-17)28-23-26-13-21(30-23)16-7-9-25-10-8-16;1-14-7-8-15(21(28)26-18-6-2-5-17(23)11-18)10-19(14)27-22-25-13-20(29-22)16-4-3-9-24-12-16/h3-13H,1-2H3,(H,26,28)(H,27,29);2-13H,1H3,(H,25,27)(H,26,28). The summed E-state index contributed by atoms with van der Waals surface area (Å²) in [4.78, 5) is 41.8. The van der Waals surface area contributed by atoms with Crippen molar-refractivity contribution in [3.63, 3.8) is 0 Å². The summed E-state index contributed by atoms with van der Waals surface area (Å²) in [6, 6.07) is 30.2. The van der Waals surface area contributed by atoms with E-state index in [1.165, 1.54) is 6.07 Å². The van der Waals surface area contributed by atoms with E-state index in [1.807, 2.05) is 50.2 Å². The number of hydrogen-bond acceptors (Lipinski definition) is 10. The third-order valence-corrected chi connectivity index (χ3v) is 9.15. The predicted octanol–water partition coefficient (Wildman–Crippen LogP) is 11.2. The number of hydrogen-bond donors (Lipinski definition) is 4. The van der Waals surface area contributed by atoms with Crippen LogP contribution in [0.1, 0.15) is 37.4 Å². The van der Waals surface area contributed by atoms with Crippen LogP contribution in [-0.4, -0.2) is 31.8 Å². The number of oxazole rings is 2. The summed E-state index contributed by atoms with van der Waals surface area (Å²) in [6.07, 6.45) is 10.0. The molecule has 0 aliphatic carbocycles. The van der Waals surface area contributed by atoms with Crippen molar-refractivity contribution in [2.45, 2.75) is 20.8 Å². The summed E-state index contributed by atoms with van der Waals surface area (Å²) in [5, 5.41) is 12.3. The molecule has 0 fully saturated rings. The molecular formula is C45H36ClFN8O4. The van der Waals surface area contributed by atoms with E-state index in [0.29, 0.717) is 62.3 Å². The fourth-order valence-corrected chi connectivity index (χ4v) is 5.82. The summed E-state index contributed by atoms with van der Waals surface area (Å²) in [6.45, 7) is 5.51. The summed E-state index contributed by atoms with van der Waals surface area (Å²) < 4.78 is 25.3. The smallest absolute Gasteiger partial charge is 0.299 e. The molecule has 4 aromatic carbocycles. The quantitative estimate of drug-likeness (QED) is 0.105. The molecule has 0 unspecified atom stereocenters. The lowest BCUT2D eigenvalue weighted by Gasteiger charge is -2.10. The third-order valence-electron chi connectivity index (χ3n) is 8.92. The zero-order chi connectivity index (χ0) is 41.3. The van der Waals surface area contributed by atoms with Crippen molar-refractivity contribution in [2.75, 3.05) is 21.3 Å². The predicted molar refractivity (Wildman–Crippen MR) is 227 cm³/mol. The topological polar surface area (TPSA) is 160 Å². The highest BCUT2D eigenvalue weighted by Crippen LogP contribution is 2.28. The Labute approximate surface area is 343 Å². The van der Waals surface area contributed by atoms with E-state index >= 15 is 0 Å². The molecule has 294 valence electrons. The molecule has 4 heterocycles. The number of aromatic nitrogens is 4. The van der Waals surface area contributed by atoms with Gasteiger partial charge < -0.3 is 30.1 Å². The maximum atomic E-state index is 13.7. The molecule has 14 heteroatoms. The van der Waals surface area contributed by atoms with E-state index in [1.54, 1.807) is 105 Å². The Morgan fingerprint density at radius 1 is 0.576 bits per heavy atom. The number of carbonyl (C=O) groups excluding carboxylic acids is 2. The van der Waals surface area contributed by atoms with Crippen LogP contribution in [0.2, 0.25) is 5.02 Å². The average molecular weight is 807 g/mol. The van der Waals surface area contributed by atoms with E-state index in [4.69, 9.17) is 20.4 Å². The first kappa shape index (κ1) is 39.6. The molecule has 0 spiro atoms. The Kier molecular flexibility index (Phi) is 12.1. The number of aryl methyl sites for hydroxylation is 3. The fraction of sp³-hybridized carbons (Fsp3) is 0.0667. The second kappa shape index (κ2) is 18.1. The number of nitrogens with one attached hydrogen (secondary N) is 4. The van der Waals surface area contributed by atoms with Gasteiger partial charge in [-0.25, -0.2) is 14.4 Å². The molecule has 0 saturated heterocycles. The summed E-state index contributed by atoms with van der Waals surface area (Å²) in [5.41, 5.74) is 7.43. The normalized spacial score (nSPS) is 10.6. The van der Waals surface area contributed by atoms with E-state index < -0.39 is 0 Å². The highest BCUT2D eigenvalue weighted by atomic mass is 35.5. The molecule has 2 amide bonds. The number of nitrogens with zero attached hydrogens (tertiary/aromatic N) is 4. The number of amides is 2. The largest absolute Gasteiger partial charge is 0.423 e. The van der Waals surface area contributed by atoms with Gasteiger partial charge in [0.05, 0.1) is 12.4 Å². The van der Waals surface area contributed by atoms with Gasteiger partial charge >= 0.3 is 0 Å². The molecule has 4 aromatic heterocycles. The molecule has 59 heavy (non-hydrogen) atoms. The lowest BCUT2D eigenvalue weighted by Crippen LogP contribution is -2.12. The van der Waals surface area contributed by atoms with Gasteiger partial charge in [0.2, 0.25) is 0 Å². The zero-order valence-corrected chi connectivity index (χ0v) is 32.7. The minimum absolute atomic E-state index is 0.237. The molecule has 8 rings (SSSR count). The molecule has 0 aliphatic rings. The Morgan fingerprint density at radius 3 is 1.71 bits per heavy atom. The number of carbonyl (C=O) groups is 2. The first-order valence-electron chi connectivity index (χ1n) is 18.2. The molecule has 0 aliphatic heterocycles. The number of benzene rings is 4. The molecule has 0 bridgehead atoms. The first-order chi connectivity index (χ1) is 28.6. The third kappa shape index (κ3) is 10.2. The minimum atomic E-state index is -0.368. The SMILES string of the molecule is Cc1ccc(C(=O)Nc2cccc(Cl)c2)cc1Nc1ncc(-c2cccnc2)o1.Cc1ccc(NC(=O)c2ccc(C)c(Nc3ncc(-c4ccncc4)o3)c2)cc1F. The lowest BCUT2D eigenvalue weighted by atomic mass is 10.1. The van der Waals surface area contributed by atoms with Crippen LogP contribution in [0.4, 0.5) is 39.2 Å². The maximum absolute atomic E-state index is 13.7. The Morgan fingerprint density at radius 2 is 1.15 bits per heavy atom. The number of halogens is 2. The number of anilines is 6. The highest BCUT2D eigenvalue weighted by molar-refractivity contribution is 6.31. The highest BCUT2D eigenvalue weighted by Gasteiger charge is 2.14. The van der Waals surface area contributed by atoms with Gasteiger partial charge in [-0.15, -0.1) is 0 Å².